The van der Waals surface area contributed by atoms with Crippen molar-refractivity contribution in [1.29, 1.82) is 0 Å². The molecule has 0 aliphatic heterocycles. The number of hydrogen-bond donors (Lipinski definition) is 1. The van der Waals surface area contributed by atoms with E-state index >= 15 is 0 Å². The molecule has 0 unspecified atom stereocenters. The average molecular weight is 159 g/mol. The van der Waals surface area contributed by atoms with Gasteiger partial charge in [0.05, 0.1) is 5.00 Å². The minimum Gasteiger partial charge on any atom is -0.318 e. The fourth-order valence-electron chi connectivity index (χ4n) is 0.555. The first-order valence-electron chi connectivity index (χ1n) is 2.71. The lowest BCUT2D eigenvalue weighted by molar-refractivity contribution is -0.114. The molecule has 0 aliphatic rings. The van der Waals surface area contributed by atoms with E-state index in [0.717, 1.165) is 11.3 Å². The molecule has 10 heavy (non-hydrogen) atoms. The van der Waals surface area contributed by atoms with Crippen molar-refractivity contribution in [2.45, 2.75) is 6.92 Å². The highest BCUT2D eigenvalue weighted by atomic mass is 32.1. The summed E-state index contributed by atoms with van der Waals surface area (Å²) < 4.78 is 12.2. The van der Waals surface area contributed by atoms with E-state index in [2.05, 4.69) is 5.32 Å². The van der Waals surface area contributed by atoms with Crippen LogP contribution in [-0.2, 0) is 4.79 Å². The van der Waals surface area contributed by atoms with Gasteiger partial charge in [-0.15, -0.1) is 0 Å². The van der Waals surface area contributed by atoms with E-state index in [4.69, 9.17) is 0 Å². The van der Waals surface area contributed by atoms with E-state index in [-0.39, 0.29) is 11.0 Å². The summed E-state index contributed by atoms with van der Waals surface area (Å²) >= 11 is 0.917. The van der Waals surface area contributed by atoms with Gasteiger partial charge in [0.15, 0.2) is 5.13 Å². The van der Waals surface area contributed by atoms with Crippen LogP contribution in [0, 0.1) is 5.13 Å². The van der Waals surface area contributed by atoms with E-state index in [9.17, 15) is 9.18 Å². The van der Waals surface area contributed by atoms with Gasteiger partial charge in [0.1, 0.15) is 0 Å². The molecule has 1 N–H and O–H groups in total. The van der Waals surface area contributed by atoms with E-state index in [1.54, 1.807) is 0 Å². The Balaban J connectivity index is 2.67. The third kappa shape index (κ3) is 1.80. The third-order valence-electron chi connectivity index (χ3n) is 0.872. The second-order valence-corrected chi connectivity index (χ2v) is 2.82. The predicted octanol–water partition coefficient (Wildman–Crippen LogP) is 1.85. The summed E-state index contributed by atoms with van der Waals surface area (Å²) in [5.74, 6) is -0.179. The number of carbonyl (C=O) groups is 1. The van der Waals surface area contributed by atoms with E-state index in [1.807, 2.05) is 0 Å². The van der Waals surface area contributed by atoms with Crippen molar-refractivity contribution in [3.05, 3.63) is 17.3 Å². The van der Waals surface area contributed by atoms with Crippen molar-refractivity contribution in [2.24, 2.45) is 0 Å². The zero-order valence-corrected chi connectivity index (χ0v) is 6.17. The Morgan fingerprint density at radius 3 is 2.80 bits per heavy atom. The summed E-state index contributed by atoms with van der Waals surface area (Å²) in [6, 6.07) is 2.84. The molecule has 2 nitrogen and oxygen atoms in total. The van der Waals surface area contributed by atoms with Gasteiger partial charge in [0, 0.05) is 6.92 Å². The SMILES string of the molecule is CC(=O)Nc1ccc(F)s1. The maximum atomic E-state index is 12.2. The topological polar surface area (TPSA) is 29.1 Å². The number of carbonyl (C=O) groups excluding carboxylic acids is 1. The number of thiophene rings is 1. The Hall–Kier alpha value is -0.900. The quantitative estimate of drug-likeness (QED) is 0.665. The van der Waals surface area contributed by atoms with Gasteiger partial charge in [-0.1, -0.05) is 11.3 Å². The van der Waals surface area contributed by atoms with E-state index in [0.29, 0.717) is 5.00 Å². The molecule has 0 saturated carbocycles. The lowest BCUT2D eigenvalue weighted by Gasteiger charge is -1.92. The van der Waals surface area contributed by atoms with Crippen LogP contribution in [0.2, 0.25) is 0 Å². The fraction of sp³-hybridized carbons (Fsp3) is 0.167. The van der Waals surface area contributed by atoms with Crippen LogP contribution in [0.1, 0.15) is 6.92 Å². The Morgan fingerprint density at radius 2 is 2.40 bits per heavy atom. The summed E-state index contributed by atoms with van der Waals surface area (Å²) in [4.78, 5) is 10.4. The van der Waals surface area contributed by atoms with Gasteiger partial charge in [0.25, 0.3) is 0 Å². The summed E-state index contributed by atoms with van der Waals surface area (Å²) in [5.41, 5.74) is 0. The molecule has 0 saturated heterocycles. The largest absolute Gasteiger partial charge is 0.318 e. The Bertz CT molecular complexity index is 246. The van der Waals surface area contributed by atoms with Gasteiger partial charge in [-0.2, -0.15) is 4.39 Å². The molecule has 0 spiro atoms. The van der Waals surface area contributed by atoms with Gasteiger partial charge < -0.3 is 5.32 Å². The zero-order valence-electron chi connectivity index (χ0n) is 5.35. The van der Waals surface area contributed by atoms with Gasteiger partial charge in [-0.05, 0) is 12.1 Å². The molecule has 0 atom stereocenters. The highest BCUT2D eigenvalue weighted by Gasteiger charge is 1.98. The Morgan fingerprint density at radius 1 is 1.70 bits per heavy atom. The summed E-state index contributed by atoms with van der Waals surface area (Å²) in [6.45, 7) is 1.39. The van der Waals surface area contributed by atoms with Crippen molar-refractivity contribution in [2.75, 3.05) is 5.32 Å². The van der Waals surface area contributed by atoms with Crippen LogP contribution < -0.4 is 5.32 Å². The highest BCUT2D eigenvalue weighted by molar-refractivity contribution is 7.14. The molecule has 0 fully saturated rings. The molecule has 0 aliphatic carbocycles. The number of hydrogen-bond acceptors (Lipinski definition) is 2. The molecular weight excluding hydrogens is 153 g/mol. The van der Waals surface area contributed by atoms with Crippen LogP contribution in [0.25, 0.3) is 0 Å². The van der Waals surface area contributed by atoms with Gasteiger partial charge in [0.2, 0.25) is 5.91 Å². The second-order valence-electron chi connectivity index (χ2n) is 1.78. The fourth-order valence-corrected chi connectivity index (χ4v) is 1.23. The molecule has 4 heteroatoms. The molecule has 0 bridgehead atoms. The van der Waals surface area contributed by atoms with Gasteiger partial charge in [-0.25, -0.2) is 0 Å². The van der Waals surface area contributed by atoms with Crippen LogP contribution in [0.5, 0.6) is 0 Å². The number of rotatable bonds is 1. The molecule has 1 heterocycles. The lowest BCUT2D eigenvalue weighted by atomic mass is 10.6. The molecule has 1 rings (SSSR count). The highest BCUT2D eigenvalue weighted by Crippen LogP contribution is 2.19. The first-order chi connectivity index (χ1) is 4.68. The number of nitrogens with one attached hydrogen (secondary N) is 1. The zero-order chi connectivity index (χ0) is 7.56. The maximum Gasteiger partial charge on any atom is 0.221 e. The van der Waals surface area contributed by atoms with Gasteiger partial charge in [-0.3, -0.25) is 4.79 Å². The number of amides is 1. The van der Waals surface area contributed by atoms with Crippen LogP contribution in [0.15, 0.2) is 12.1 Å². The number of halogens is 1. The molecule has 54 valence electrons. The third-order valence-corrected chi connectivity index (χ3v) is 1.66. The Labute approximate surface area is 61.7 Å². The average Bonchev–Trinajstić information content (AvgIpc) is 2.13. The molecular formula is C6H6FNOS. The first kappa shape index (κ1) is 7.21. The lowest BCUT2D eigenvalue weighted by Crippen LogP contribution is -2.03. The molecule has 1 aromatic heterocycles. The summed E-state index contributed by atoms with van der Waals surface area (Å²) in [6.07, 6.45) is 0. The predicted molar refractivity (Wildman–Crippen MR) is 38.6 cm³/mol. The summed E-state index contributed by atoms with van der Waals surface area (Å²) in [5, 5.41) is 2.72. The summed E-state index contributed by atoms with van der Waals surface area (Å²) in [7, 11) is 0. The van der Waals surface area contributed by atoms with Crippen molar-refractivity contribution >= 4 is 22.2 Å². The van der Waals surface area contributed by atoms with Crippen molar-refractivity contribution in [3.63, 3.8) is 0 Å². The standard InChI is InChI=1S/C6H6FNOS/c1-4(9)8-6-3-2-5(7)10-6/h2-3H,1H3,(H,8,9). The molecule has 1 amide bonds. The normalized spacial score (nSPS) is 9.40. The van der Waals surface area contributed by atoms with Crippen molar-refractivity contribution in [3.8, 4) is 0 Å². The van der Waals surface area contributed by atoms with Crippen LogP contribution >= 0.6 is 11.3 Å². The van der Waals surface area contributed by atoms with E-state index in [1.165, 1.54) is 19.1 Å². The minimum absolute atomic E-state index is 0.179. The van der Waals surface area contributed by atoms with Crippen LogP contribution in [0.4, 0.5) is 9.39 Å². The first-order valence-corrected chi connectivity index (χ1v) is 3.53. The van der Waals surface area contributed by atoms with Crippen molar-refractivity contribution < 1.29 is 9.18 Å². The maximum absolute atomic E-state index is 12.2. The van der Waals surface area contributed by atoms with E-state index < -0.39 is 0 Å². The van der Waals surface area contributed by atoms with Gasteiger partial charge >= 0.3 is 0 Å². The number of anilines is 1. The smallest absolute Gasteiger partial charge is 0.221 e. The molecule has 0 radical (unpaired) electrons. The Kier molecular flexibility index (Phi) is 2.01. The molecule has 0 aromatic carbocycles. The van der Waals surface area contributed by atoms with Crippen LogP contribution in [0.3, 0.4) is 0 Å². The molecule has 1 aromatic rings. The minimum atomic E-state index is -0.288. The van der Waals surface area contributed by atoms with Crippen molar-refractivity contribution in [1.82, 2.24) is 0 Å². The van der Waals surface area contributed by atoms with Crippen LogP contribution in [-0.4, -0.2) is 5.91 Å². The monoisotopic (exact) mass is 159 g/mol. The second kappa shape index (κ2) is 2.79.